The van der Waals surface area contributed by atoms with Crippen LogP contribution < -0.4 is 21.3 Å². The highest BCUT2D eigenvalue weighted by atomic mass is 35.5. The number of thioether (sulfide) groups is 1. The zero-order valence-corrected chi connectivity index (χ0v) is 18.8. The van der Waals surface area contributed by atoms with Gasteiger partial charge in [0.25, 0.3) is 0 Å². The monoisotopic (exact) mass is 448 g/mol. The van der Waals surface area contributed by atoms with Crippen LogP contribution in [0.1, 0.15) is 44.9 Å². The predicted molar refractivity (Wildman–Crippen MR) is 123 cm³/mol. The Balaban J connectivity index is 1.40. The van der Waals surface area contributed by atoms with E-state index >= 15 is 0 Å². The van der Waals surface area contributed by atoms with Crippen LogP contribution in [0.4, 0.5) is 4.39 Å². The van der Waals surface area contributed by atoms with Gasteiger partial charge in [0, 0.05) is 30.1 Å². The zero-order chi connectivity index (χ0) is 20.5. The van der Waals surface area contributed by atoms with E-state index in [1.165, 1.54) is 35.4 Å². The quantitative estimate of drug-likeness (QED) is 0.476. The molecule has 3 aliphatic heterocycles. The summed E-state index contributed by atoms with van der Waals surface area (Å²) >= 11 is 8.04. The molecule has 4 N–H and O–H groups in total. The van der Waals surface area contributed by atoms with Crippen LogP contribution in [0.3, 0.4) is 0 Å². The summed E-state index contributed by atoms with van der Waals surface area (Å²) in [7, 11) is 0. The molecule has 0 aromatic heterocycles. The van der Waals surface area contributed by atoms with Crippen molar-refractivity contribution in [2.24, 2.45) is 5.92 Å². The van der Waals surface area contributed by atoms with Gasteiger partial charge in [0.2, 0.25) is 0 Å². The van der Waals surface area contributed by atoms with E-state index in [-0.39, 0.29) is 23.2 Å². The first-order valence-corrected chi connectivity index (χ1v) is 12.6. The molecule has 3 atom stereocenters. The van der Waals surface area contributed by atoms with Crippen LogP contribution in [0.2, 0.25) is 0 Å². The van der Waals surface area contributed by atoms with Gasteiger partial charge in [-0.3, -0.25) is 5.32 Å². The van der Waals surface area contributed by atoms with Crippen LogP contribution in [0.25, 0.3) is 0 Å². The lowest BCUT2D eigenvalue weighted by molar-refractivity contribution is 0.333. The van der Waals surface area contributed by atoms with Crippen molar-refractivity contribution in [3.05, 3.63) is 56.5 Å². The van der Waals surface area contributed by atoms with E-state index in [0.29, 0.717) is 18.8 Å². The summed E-state index contributed by atoms with van der Waals surface area (Å²) in [6, 6.07) is 0. The van der Waals surface area contributed by atoms with Gasteiger partial charge in [-0.05, 0) is 73.6 Å². The van der Waals surface area contributed by atoms with E-state index < -0.39 is 0 Å². The van der Waals surface area contributed by atoms with E-state index in [0.717, 1.165) is 38.0 Å². The number of halogens is 2. The molecule has 7 heteroatoms. The van der Waals surface area contributed by atoms with Crippen LogP contribution in [0.5, 0.6) is 0 Å². The van der Waals surface area contributed by atoms with Gasteiger partial charge < -0.3 is 16.0 Å². The van der Waals surface area contributed by atoms with Crippen LogP contribution in [-0.4, -0.2) is 31.2 Å². The molecule has 30 heavy (non-hydrogen) atoms. The van der Waals surface area contributed by atoms with Crippen molar-refractivity contribution in [1.82, 2.24) is 21.3 Å². The summed E-state index contributed by atoms with van der Waals surface area (Å²) in [5.41, 5.74) is 6.82. The van der Waals surface area contributed by atoms with Crippen molar-refractivity contribution in [3.63, 3.8) is 0 Å². The van der Waals surface area contributed by atoms with Gasteiger partial charge in [0.1, 0.15) is 18.2 Å². The van der Waals surface area contributed by atoms with Gasteiger partial charge in [0.15, 0.2) is 0 Å². The van der Waals surface area contributed by atoms with Gasteiger partial charge in [-0.25, -0.2) is 4.39 Å². The maximum absolute atomic E-state index is 13.7. The van der Waals surface area contributed by atoms with Crippen molar-refractivity contribution in [2.45, 2.75) is 57.3 Å². The molecule has 0 saturated carbocycles. The first kappa shape index (κ1) is 20.7. The highest BCUT2D eigenvalue weighted by Crippen LogP contribution is 2.40. The molecule has 0 fully saturated rings. The number of hydrogen-bond acceptors (Lipinski definition) is 5. The second kappa shape index (κ2) is 9.11. The molecule has 0 amide bonds. The Morgan fingerprint density at radius 1 is 1.17 bits per heavy atom. The molecule has 5 aliphatic rings. The van der Waals surface area contributed by atoms with Gasteiger partial charge in [-0.2, -0.15) is 0 Å². The summed E-state index contributed by atoms with van der Waals surface area (Å²) in [5.74, 6) is 1.66. The topological polar surface area (TPSA) is 48.1 Å². The third-order valence-electron chi connectivity index (χ3n) is 6.80. The molecule has 5 rings (SSSR count). The standard InChI is InChI=1S/C23H30ClFN4S/c24-19-11-17(4-5-20(19)25)27-23-18-10-14(16-7-9-30-13-16)3-6-21(18)28-22(29-23)15-2-1-8-26-12-15/h2,11,13-14,22-23,26-29H,1,3-10,12H2/t14-,22?,23+/m1/s1. The molecule has 3 heterocycles. The lowest BCUT2D eigenvalue weighted by Gasteiger charge is -2.43. The summed E-state index contributed by atoms with van der Waals surface area (Å²) in [6.45, 7) is 1.96. The minimum atomic E-state index is -0.208. The first-order chi connectivity index (χ1) is 14.7. The van der Waals surface area contributed by atoms with Crippen molar-refractivity contribution in [2.75, 3.05) is 18.8 Å². The van der Waals surface area contributed by atoms with Gasteiger partial charge in [0.05, 0.1) is 5.03 Å². The number of hydrogen-bond donors (Lipinski definition) is 4. The Morgan fingerprint density at radius 2 is 2.10 bits per heavy atom. The van der Waals surface area contributed by atoms with E-state index in [1.807, 2.05) is 11.8 Å². The Bertz CT molecular complexity index is 859. The molecule has 0 saturated heterocycles. The third kappa shape index (κ3) is 4.38. The van der Waals surface area contributed by atoms with Crippen LogP contribution >= 0.6 is 23.4 Å². The lowest BCUT2D eigenvalue weighted by atomic mass is 9.79. The normalized spacial score (nSPS) is 32.2. The molecule has 1 unspecified atom stereocenters. The Labute approximate surface area is 187 Å². The molecular weight excluding hydrogens is 419 g/mol. The van der Waals surface area contributed by atoms with Gasteiger partial charge >= 0.3 is 0 Å². The van der Waals surface area contributed by atoms with Crippen molar-refractivity contribution >= 4 is 23.4 Å². The average Bonchev–Trinajstić information content (AvgIpc) is 3.31. The highest BCUT2D eigenvalue weighted by molar-refractivity contribution is 8.02. The van der Waals surface area contributed by atoms with Crippen LogP contribution in [0.15, 0.2) is 56.5 Å². The fourth-order valence-corrected chi connectivity index (χ4v) is 6.33. The Morgan fingerprint density at radius 3 is 2.87 bits per heavy atom. The van der Waals surface area contributed by atoms with Crippen molar-refractivity contribution in [1.29, 1.82) is 0 Å². The molecule has 4 nitrogen and oxygen atoms in total. The number of rotatable bonds is 4. The molecular formula is C23H30ClFN4S. The summed E-state index contributed by atoms with van der Waals surface area (Å²) in [4.78, 5) is 0. The molecule has 0 aromatic carbocycles. The molecule has 0 radical (unpaired) electrons. The van der Waals surface area contributed by atoms with Crippen molar-refractivity contribution < 1.29 is 4.39 Å². The lowest BCUT2D eigenvalue weighted by Crippen LogP contribution is -2.60. The van der Waals surface area contributed by atoms with E-state index in [9.17, 15) is 4.39 Å². The third-order valence-corrected chi connectivity index (χ3v) is 8.02. The minimum Gasteiger partial charge on any atom is -0.369 e. The first-order valence-electron chi connectivity index (χ1n) is 11.1. The van der Waals surface area contributed by atoms with Crippen LogP contribution in [-0.2, 0) is 0 Å². The Hall–Kier alpha value is -1.21. The van der Waals surface area contributed by atoms with Gasteiger partial charge in [-0.1, -0.05) is 23.3 Å². The van der Waals surface area contributed by atoms with Crippen molar-refractivity contribution in [3.8, 4) is 0 Å². The molecule has 162 valence electrons. The number of nitrogens with one attached hydrogen (secondary N) is 4. The fourth-order valence-electron chi connectivity index (χ4n) is 5.11. The van der Waals surface area contributed by atoms with E-state index in [2.05, 4.69) is 32.8 Å². The molecule has 2 aliphatic carbocycles. The summed E-state index contributed by atoms with van der Waals surface area (Å²) in [6.07, 6.45) is 11.0. The van der Waals surface area contributed by atoms with Crippen LogP contribution in [0, 0.1) is 5.92 Å². The Kier molecular flexibility index (Phi) is 6.28. The second-order valence-corrected chi connectivity index (χ2v) is 10.1. The highest BCUT2D eigenvalue weighted by Gasteiger charge is 2.35. The summed E-state index contributed by atoms with van der Waals surface area (Å²) in [5, 5.41) is 17.4. The molecule has 0 aromatic rings. The predicted octanol–water partition coefficient (Wildman–Crippen LogP) is 4.51. The SMILES string of the molecule is FC1=C(Cl)C=C(N[C@H]2NC(C3=CCCNC3)NC3=C2C[C@H](C2=CSCC2)CC3)CC1. The second-order valence-electron chi connectivity index (χ2n) is 8.75. The van der Waals surface area contributed by atoms with E-state index in [1.54, 1.807) is 11.6 Å². The smallest absolute Gasteiger partial charge is 0.119 e. The largest absolute Gasteiger partial charge is 0.369 e. The minimum absolute atomic E-state index is 0.0448. The van der Waals surface area contributed by atoms with E-state index in [4.69, 9.17) is 11.6 Å². The maximum atomic E-state index is 13.7. The molecule has 0 spiro atoms. The maximum Gasteiger partial charge on any atom is 0.119 e. The summed E-state index contributed by atoms with van der Waals surface area (Å²) < 4.78 is 13.7. The fraction of sp³-hybridized carbons (Fsp3) is 0.565. The molecule has 0 bridgehead atoms. The average molecular weight is 449 g/mol. The van der Waals surface area contributed by atoms with Gasteiger partial charge in [-0.15, -0.1) is 11.8 Å². The number of allylic oxidation sites excluding steroid dienone is 6. The zero-order valence-electron chi connectivity index (χ0n) is 17.2.